The maximum absolute atomic E-state index is 12.9. The van der Waals surface area contributed by atoms with E-state index in [1.165, 1.54) is 4.90 Å². The van der Waals surface area contributed by atoms with Gasteiger partial charge in [-0.1, -0.05) is 33.1 Å². The molecule has 2 amide bonds. The molecule has 1 aliphatic carbocycles. The fraction of sp³-hybridized carbons (Fsp3) is 0.812. The van der Waals surface area contributed by atoms with E-state index in [0.717, 1.165) is 19.3 Å². The molecule has 5 heteroatoms. The lowest BCUT2D eigenvalue weighted by atomic mass is 9.77. The smallest absolute Gasteiger partial charge is 0.305 e. The molecular weight excluding hydrogens is 270 g/mol. The maximum atomic E-state index is 12.9. The maximum Gasteiger partial charge on any atom is 0.305 e. The van der Waals surface area contributed by atoms with Gasteiger partial charge < -0.3 is 5.11 Å². The molecule has 0 aromatic carbocycles. The van der Waals surface area contributed by atoms with Gasteiger partial charge in [0.25, 0.3) is 0 Å². The van der Waals surface area contributed by atoms with Crippen molar-refractivity contribution in [3.63, 3.8) is 0 Å². The lowest BCUT2D eigenvalue weighted by Gasteiger charge is -2.43. The van der Waals surface area contributed by atoms with Crippen molar-refractivity contribution >= 4 is 17.8 Å². The monoisotopic (exact) mass is 295 g/mol. The molecule has 0 bridgehead atoms. The summed E-state index contributed by atoms with van der Waals surface area (Å²) in [6.45, 7) is 3.87. The fourth-order valence-corrected chi connectivity index (χ4v) is 4.05. The number of carboxylic acid groups (broad SMARTS) is 1. The number of carbonyl (C=O) groups excluding carboxylic acids is 2. The van der Waals surface area contributed by atoms with Crippen LogP contribution in [0.4, 0.5) is 0 Å². The zero-order chi connectivity index (χ0) is 15.7. The van der Waals surface area contributed by atoms with E-state index in [0.29, 0.717) is 25.7 Å². The highest BCUT2D eigenvalue weighted by Crippen LogP contribution is 2.47. The minimum Gasteiger partial charge on any atom is -0.481 e. The number of aliphatic carboxylic acids is 1. The van der Waals surface area contributed by atoms with Crippen LogP contribution in [0.5, 0.6) is 0 Å². The summed E-state index contributed by atoms with van der Waals surface area (Å²) in [5.41, 5.74) is -1.40. The molecule has 0 atom stereocenters. The molecule has 0 unspecified atom stereocenters. The minimum atomic E-state index is -0.928. The number of carboxylic acids is 1. The highest BCUT2D eigenvalue weighted by molar-refractivity contribution is 6.07. The number of hydrogen-bond donors (Lipinski definition) is 1. The van der Waals surface area contributed by atoms with E-state index in [9.17, 15) is 19.5 Å². The fourth-order valence-electron chi connectivity index (χ4n) is 4.05. The first-order valence-electron chi connectivity index (χ1n) is 8.00. The van der Waals surface area contributed by atoms with Crippen LogP contribution in [0.1, 0.15) is 71.6 Å². The Morgan fingerprint density at radius 2 is 1.71 bits per heavy atom. The highest BCUT2D eigenvalue weighted by atomic mass is 16.4. The van der Waals surface area contributed by atoms with Crippen LogP contribution in [0.3, 0.4) is 0 Å². The first-order chi connectivity index (χ1) is 9.91. The molecule has 5 nitrogen and oxygen atoms in total. The predicted molar refractivity (Wildman–Crippen MR) is 77.6 cm³/mol. The summed E-state index contributed by atoms with van der Waals surface area (Å²) >= 11 is 0. The Labute approximate surface area is 125 Å². The first kappa shape index (κ1) is 16.0. The molecule has 2 rings (SSSR count). The average molecular weight is 295 g/mol. The molecule has 0 aromatic heterocycles. The Morgan fingerprint density at radius 1 is 1.14 bits per heavy atom. The van der Waals surface area contributed by atoms with Gasteiger partial charge in [-0.3, -0.25) is 19.3 Å². The second-order valence-electron chi connectivity index (χ2n) is 6.55. The van der Waals surface area contributed by atoms with Crippen molar-refractivity contribution < 1.29 is 19.5 Å². The Bertz CT molecular complexity index is 447. The SMILES string of the molecule is CCC1(CC)CC(=O)N(C2(CC(=O)O)CCCCC2)C1=O. The van der Waals surface area contributed by atoms with Crippen molar-refractivity contribution in [3.05, 3.63) is 0 Å². The molecule has 2 aliphatic rings. The number of amides is 2. The average Bonchev–Trinajstić information content (AvgIpc) is 2.70. The van der Waals surface area contributed by atoms with Gasteiger partial charge in [0, 0.05) is 6.42 Å². The molecule has 118 valence electrons. The third-order valence-electron chi connectivity index (χ3n) is 5.49. The van der Waals surface area contributed by atoms with E-state index in [4.69, 9.17) is 0 Å². The van der Waals surface area contributed by atoms with Gasteiger partial charge in [0.2, 0.25) is 11.8 Å². The quantitative estimate of drug-likeness (QED) is 0.791. The molecule has 1 heterocycles. The molecule has 1 aliphatic heterocycles. The summed E-state index contributed by atoms with van der Waals surface area (Å²) < 4.78 is 0. The van der Waals surface area contributed by atoms with E-state index in [1.807, 2.05) is 13.8 Å². The van der Waals surface area contributed by atoms with E-state index >= 15 is 0 Å². The lowest BCUT2D eigenvalue weighted by molar-refractivity contribution is -0.154. The van der Waals surface area contributed by atoms with E-state index < -0.39 is 16.9 Å². The summed E-state index contributed by atoms with van der Waals surface area (Å²) in [5.74, 6) is -1.24. The van der Waals surface area contributed by atoms with Crippen LogP contribution in [0, 0.1) is 5.41 Å². The summed E-state index contributed by atoms with van der Waals surface area (Å²) in [7, 11) is 0. The minimum absolute atomic E-state index is 0.117. The predicted octanol–water partition coefficient (Wildman–Crippen LogP) is 2.73. The third kappa shape index (κ3) is 2.58. The van der Waals surface area contributed by atoms with E-state index in [-0.39, 0.29) is 24.7 Å². The van der Waals surface area contributed by atoms with E-state index in [1.54, 1.807) is 0 Å². The van der Waals surface area contributed by atoms with Crippen molar-refractivity contribution in [2.75, 3.05) is 0 Å². The van der Waals surface area contributed by atoms with Crippen LogP contribution in [0.2, 0.25) is 0 Å². The van der Waals surface area contributed by atoms with Gasteiger partial charge in [0.15, 0.2) is 0 Å². The second-order valence-corrected chi connectivity index (χ2v) is 6.55. The van der Waals surface area contributed by atoms with Crippen LogP contribution >= 0.6 is 0 Å². The number of imide groups is 1. The molecule has 1 saturated carbocycles. The molecule has 1 saturated heterocycles. The molecule has 0 aromatic rings. The van der Waals surface area contributed by atoms with Gasteiger partial charge >= 0.3 is 5.97 Å². The van der Waals surface area contributed by atoms with Gasteiger partial charge in [0.05, 0.1) is 17.4 Å². The molecule has 2 fully saturated rings. The molecule has 21 heavy (non-hydrogen) atoms. The zero-order valence-electron chi connectivity index (χ0n) is 13.0. The van der Waals surface area contributed by atoms with Crippen LogP contribution in [0.15, 0.2) is 0 Å². The van der Waals surface area contributed by atoms with Crippen molar-refractivity contribution in [2.45, 2.75) is 77.2 Å². The zero-order valence-corrected chi connectivity index (χ0v) is 13.0. The number of nitrogens with zero attached hydrogens (tertiary/aromatic N) is 1. The second kappa shape index (κ2) is 5.78. The molecular formula is C16H25NO4. The lowest BCUT2D eigenvalue weighted by Crippen LogP contribution is -2.55. The summed E-state index contributed by atoms with van der Waals surface area (Å²) in [5, 5.41) is 9.26. The van der Waals surface area contributed by atoms with Gasteiger partial charge in [-0.2, -0.15) is 0 Å². The molecule has 0 radical (unpaired) electrons. The Morgan fingerprint density at radius 3 is 2.14 bits per heavy atom. The van der Waals surface area contributed by atoms with Gasteiger partial charge in [-0.05, 0) is 25.7 Å². The molecule has 1 N–H and O–H groups in total. The first-order valence-corrected chi connectivity index (χ1v) is 8.00. The highest BCUT2D eigenvalue weighted by Gasteiger charge is 2.56. The normalized spacial score (nSPS) is 24.4. The number of rotatable bonds is 5. The number of likely N-dealkylation sites (tertiary alicyclic amines) is 1. The standard InChI is InChI=1S/C16H25NO4/c1-3-15(4-2)10-12(18)17(14(15)21)16(11-13(19)20)8-6-5-7-9-16/h3-11H2,1-2H3,(H,19,20). The van der Waals surface area contributed by atoms with E-state index in [2.05, 4.69) is 0 Å². The van der Waals surface area contributed by atoms with Crippen molar-refractivity contribution in [3.8, 4) is 0 Å². The van der Waals surface area contributed by atoms with Crippen LogP contribution in [-0.2, 0) is 14.4 Å². The summed E-state index contributed by atoms with van der Waals surface area (Å²) in [4.78, 5) is 38.1. The van der Waals surface area contributed by atoms with Gasteiger partial charge in [-0.15, -0.1) is 0 Å². The Hall–Kier alpha value is -1.39. The van der Waals surface area contributed by atoms with Gasteiger partial charge in [0.1, 0.15) is 0 Å². The van der Waals surface area contributed by atoms with Crippen LogP contribution in [-0.4, -0.2) is 33.3 Å². The molecule has 0 spiro atoms. The largest absolute Gasteiger partial charge is 0.481 e. The third-order valence-corrected chi connectivity index (χ3v) is 5.49. The summed E-state index contributed by atoms with van der Waals surface area (Å²) in [6.07, 6.45) is 5.45. The van der Waals surface area contributed by atoms with Crippen LogP contribution < -0.4 is 0 Å². The number of carbonyl (C=O) groups is 3. The van der Waals surface area contributed by atoms with Crippen molar-refractivity contribution in [1.82, 2.24) is 4.90 Å². The van der Waals surface area contributed by atoms with Crippen molar-refractivity contribution in [1.29, 1.82) is 0 Å². The van der Waals surface area contributed by atoms with Gasteiger partial charge in [-0.25, -0.2) is 0 Å². The Kier molecular flexibility index (Phi) is 4.40. The van der Waals surface area contributed by atoms with Crippen LogP contribution in [0.25, 0.3) is 0 Å². The summed E-state index contributed by atoms with van der Waals surface area (Å²) in [6, 6.07) is 0. The number of hydrogen-bond acceptors (Lipinski definition) is 3. The van der Waals surface area contributed by atoms with Crippen molar-refractivity contribution in [2.24, 2.45) is 5.41 Å². The topological polar surface area (TPSA) is 74.7 Å². The Balaban J connectivity index is 2.38.